The molecule has 0 bridgehead atoms. The maximum absolute atomic E-state index is 12.8. The molecule has 3 rings (SSSR count). The lowest BCUT2D eigenvalue weighted by molar-refractivity contribution is -0.148. The largest absolute Gasteiger partial charge is 0.490 e. The molecule has 0 aliphatic carbocycles. The van der Waals surface area contributed by atoms with Crippen LogP contribution in [0.15, 0.2) is 51.8 Å². The van der Waals surface area contributed by atoms with Crippen LogP contribution in [0.4, 0.5) is 10.5 Å². The topological polar surface area (TPSA) is 111 Å². The highest BCUT2D eigenvalue weighted by Gasteiger charge is 2.41. The highest BCUT2D eigenvalue weighted by Crippen LogP contribution is 2.39. The van der Waals surface area contributed by atoms with Gasteiger partial charge in [-0.3, -0.25) is 19.3 Å². The number of nitrogens with one attached hydrogen (secondary N) is 1. The first kappa shape index (κ1) is 26.3. The van der Waals surface area contributed by atoms with E-state index in [2.05, 4.69) is 26.0 Å². The number of carbonyl (C=O) groups excluding carboxylic acids is 4. The van der Waals surface area contributed by atoms with Gasteiger partial charge >= 0.3 is 5.97 Å². The molecule has 184 valence electrons. The van der Waals surface area contributed by atoms with Crippen molar-refractivity contribution < 1.29 is 33.4 Å². The third kappa shape index (κ3) is 6.43. The van der Waals surface area contributed by atoms with Gasteiger partial charge in [0.25, 0.3) is 17.1 Å². The quantitative estimate of drug-likeness (QED) is 0.352. The molecule has 2 aromatic carbocycles. The van der Waals surface area contributed by atoms with E-state index in [1.807, 2.05) is 18.2 Å². The van der Waals surface area contributed by atoms with Crippen molar-refractivity contribution in [2.24, 2.45) is 0 Å². The highest BCUT2D eigenvalue weighted by molar-refractivity contribution is 9.10. The van der Waals surface area contributed by atoms with Gasteiger partial charge in [-0.1, -0.05) is 18.2 Å². The minimum Gasteiger partial charge on any atom is -0.490 e. The number of benzene rings is 2. The Labute approximate surface area is 214 Å². The van der Waals surface area contributed by atoms with E-state index >= 15 is 0 Å². The number of carbonyl (C=O) groups is 4. The zero-order chi connectivity index (χ0) is 25.5. The van der Waals surface area contributed by atoms with Gasteiger partial charge in [0.05, 0.1) is 23.1 Å². The minimum atomic E-state index is -1.04. The maximum Gasteiger partial charge on any atom is 0.328 e. The second-order valence-corrected chi connectivity index (χ2v) is 9.06. The molecule has 1 fully saturated rings. The number of imide groups is 1. The van der Waals surface area contributed by atoms with Crippen molar-refractivity contribution in [1.29, 1.82) is 0 Å². The summed E-state index contributed by atoms with van der Waals surface area (Å²) in [6.45, 7) is 3.30. The predicted octanol–water partition coefficient (Wildman–Crippen LogP) is 4.46. The van der Waals surface area contributed by atoms with Crippen LogP contribution in [0.1, 0.15) is 19.4 Å². The fraction of sp³-hybridized carbons (Fsp3) is 0.250. The van der Waals surface area contributed by atoms with Crippen LogP contribution in [-0.4, -0.2) is 54.3 Å². The lowest BCUT2D eigenvalue weighted by atomic mass is 10.1. The molecule has 1 heterocycles. The van der Waals surface area contributed by atoms with Gasteiger partial charge < -0.3 is 19.5 Å². The molecule has 0 aromatic heterocycles. The molecule has 1 saturated heterocycles. The predicted molar refractivity (Wildman–Crippen MR) is 135 cm³/mol. The van der Waals surface area contributed by atoms with Crippen LogP contribution < -0.4 is 14.8 Å². The van der Waals surface area contributed by atoms with E-state index in [4.69, 9.17) is 9.47 Å². The summed E-state index contributed by atoms with van der Waals surface area (Å²) in [4.78, 5) is 50.2. The number of anilines is 1. The molecule has 9 nitrogen and oxygen atoms in total. The third-order valence-corrected chi connectivity index (χ3v) is 6.26. The number of halogens is 1. The Morgan fingerprint density at radius 1 is 1.17 bits per heavy atom. The molecule has 0 spiro atoms. The molecule has 1 aliphatic rings. The van der Waals surface area contributed by atoms with Crippen LogP contribution in [0, 0.1) is 0 Å². The van der Waals surface area contributed by atoms with Crippen molar-refractivity contribution in [2.45, 2.75) is 19.9 Å². The van der Waals surface area contributed by atoms with Crippen LogP contribution >= 0.6 is 27.7 Å². The fourth-order valence-corrected chi connectivity index (χ4v) is 4.65. The van der Waals surface area contributed by atoms with Crippen molar-refractivity contribution in [2.75, 3.05) is 25.6 Å². The molecular formula is C24H23BrN2O7S. The average Bonchev–Trinajstić information content (AvgIpc) is 3.10. The smallest absolute Gasteiger partial charge is 0.328 e. The number of ether oxygens (including phenoxy) is 3. The van der Waals surface area contributed by atoms with Gasteiger partial charge in [0.2, 0.25) is 0 Å². The molecule has 0 unspecified atom stereocenters. The van der Waals surface area contributed by atoms with E-state index < -0.39 is 23.2 Å². The molecule has 11 heteroatoms. The first-order chi connectivity index (χ1) is 16.7. The normalized spacial score (nSPS) is 15.2. The first-order valence-corrected chi connectivity index (χ1v) is 12.1. The molecule has 1 atom stereocenters. The van der Waals surface area contributed by atoms with Crippen molar-refractivity contribution in [1.82, 2.24) is 4.90 Å². The lowest BCUT2D eigenvalue weighted by Gasteiger charge is -2.18. The standard InChI is InChI=1S/C24H23BrN2O7S/c1-4-33-18-11-15(12-19-22(29)27(24(31)35-19)14(2)23(30)32-3)10-17(25)21(18)34-13-20(28)26-16-8-6-5-7-9-16/h5-12,14H,4,13H2,1-3H3,(H,26,28)/b19-12+/t14-/m1/s1. The van der Waals surface area contributed by atoms with E-state index in [1.165, 1.54) is 20.1 Å². The molecular weight excluding hydrogens is 540 g/mol. The van der Waals surface area contributed by atoms with E-state index in [1.54, 1.807) is 31.2 Å². The lowest BCUT2D eigenvalue weighted by Crippen LogP contribution is -2.42. The zero-order valence-electron chi connectivity index (χ0n) is 19.2. The Hall–Kier alpha value is -3.31. The van der Waals surface area contributed by atoms with Gasteiger partial charge in [-0.25, -0.2) is 4.79 Å². The maximum atomic E-state index is 12.8. The summed E-state index contributed by atoms with van der Waals surface area (Å²) in [5.41, 5.74) is 1.20. The number of hydrogen-bond donors (Lipinski definition) is 1. The molecule has 1 aliphatic heterocycles. The number of para-hydroxylation sites is 1. The van der Waals surface area contributed by atoms with E-state index in [9.17, 15) is 19.2 Å². The SMILES string of the molecule is CCOc1cc(/C=C2/SC(=O)N([C@H](C)C(=O)OC)C2=O)cc(Br)c1OCC(=O)Nc1ccccc1. The summed E-state index contributed by atoms with van der Waals surface area (Å²) in [7, 11) is 1.19. The number of amides is 3. The van der Waals surface area contributed by atoms with Crippen molar-refractivity contribution in [3.05, 3.63) is 57.4 Å². The summed E-state index contributed by atoms with van der Waals surface area (Å²) < 4.78 is 16.5. The van der Waals surface area contributed by atoms with Crippen molar-refractivity contribution in [3.8, 4) is 11.5 Å². The fourth-order valence-electron chi connectivity index (χ4n) is 3.17. The van der Waals surface area contributed by atoms with Crippen LogP contribution in [0.5, 0.6) is 11.5 Å². The minimum absolute atomic E-state index is 0.149. The average molecular weight is 563 g/mol. The van der Waals surface area contributed by atoms with Crippen LogP contribution in [0.2, 0.25) is 0 Å². The number of esters is 1. The van der Waals surface area contributed by atoms with Crippen molar-refractivity contribution >= 4 is 62.5 Å². The van der Waals surface area contributed by atoms with Gasteiger partial charge in [0.1, 0.15) is 6.04 Å². The Morgan fingerprint density at radius 2 is 1.89 bits per heavy atom. The van der Waals surface area contributed by atoms with Crippen LogP contribution in [0.3, 0.4) is 0 Å². The van der Waals surface area contributed by atoms with Crippen LogP contribution in [-0.2, 0) is 19.1 Å². The second-order valence-electron chi connectivity index (χ2n) is 7.22. The molecule has 3 amide bonds. The Kier molecular flexibility index (Phi) is 8.94. The first-order valence-electron chi connectivity index (χ1n) is 10.5. The van der Waals surface area contributed by atoms with E-state index in [0.717, 1.165) is 16.7 Å². The second kappa shape index (κ2) is 11.9. The van der Waals surface area contributed by atoms with Gasteiger partial charge in [0.15, 0.2) is 18.1 Å². The summed E-state index contributed by atoms with van der Waals surface area (Å²) in [5, 5.41) is 2.18. The summed E-state index contributed by atoms with van der Waals surface area (Å²) in [6, 6.07) is 11.3. The van der Waals surface area contributed by atoms with E-state index in [0.29, 0.717) is 33.8 Å². The van der Waals surface area contributed by atoms with Gasteiger partial charge in [-0.2, -0.15) is 0 Å². The summed E-state index contributed by atoms with van der Waals surface area (Å²) >= 11 is 4.16. The van der Waals surface area contributed by atoms with E-state index in [-0.39, 0.29) is 17.4 Å². The van der Waals surface area contributed by atoms with Crippen LogP contribution in [0.25, 0.3) is 6.08 Å². The molecule has 2 aromatic rings. The van der Waals surface area contributed by atoms with Crippen molar-refractivity contribution in [3.63, 3.8) is 0 Å². The van der Waals surface area contributed by atoms with Gasteiger partial charge in [0, 0.05) is 5.69 Å². The summed E-state index contributed by atoms with van der Waals surface area (Å²) in [6.07, 6.45) is 1.52. The van der Waals surface area contributed by atoms with Gasteiger partial charge in [-0.15, -0.1) is 0 Å². The Morgan fingerprint density at radius 3 is 2.54 bits per heavy atom. The third-order valence-electron chi connectivity index (χ3n) is 4.79. The Bertz CT molecular complexity index is 1170. The number of nitrogens with zero attached hydrogens (tertiary/aromatic N) is 1. The zero-order valence-corrected chi connectivity index (χ0v) is 21.6. The highest BCUT2D eigenvalue weighted by atomic mass is 79.9. The number of rotatable bonds is 9. The molecule has 1 N–H and O–H groups in total. The number of thioether (sulfide) groups is 1. The molecule has 0 radical (unpaired) electrons. The monoisotopic (exact) mass is 562 g/mol. The molecule has 35 heavy (non-hydrogen) atoms. The molecule has 0 saturated carbocycles. The number of hydrogen-bond acceptors (Lipinski definition) is 8. The Balaban J connectivity index is 1.79. The number of methoxy groups -OCH3 is 1. The van der Waals surface area contributed by atoms with Gasteiger partial charge in [-0.05, 0) is 77.4 Å². The summed E-state index contributed by atoms with van der Waals surface area (Å²) in [5.74, 6) is -0.955.